The van der Waals surface area contributed by atoms with Gasteiger partial charge < -0.3 is 20.9 Å². The number of rotatable bonds is 5. The first-order valence-electron chi connectivity index (χ1n) is 9.19. The van der Waals surface area contributed by atoms with Crippen LogP contribution in [0.25, 0.3) is 0 Å². The summed E-state index contributed by atoms with van der Waals surface area (Å²) in [5.41, 5.74) is 10.0. The lowest BCUT2D eigenvalue weighted by Crippen LogP contribution is -2.42. The maximum atomic E-state index is 6.04. The summed E-state index contributed by atoms with van der Waals surface area (Å²) >= 11 is 0. The first-order valence-corrected chi connectivity index (χ1v) is 9.19. The second-order valence-corrected chi connectivity index (χ2v) is 7.27. The van der Waals surface area contributed by atoms with Crippen molar-refractivity contribution >= 4 is 11.6 Å². The number of guanidine groups is 1. The first-order chi connectivity index (χ1) is 11.6. The number of nitrogens with zero attached hydrogens (tertiary/aromatic N) is 3. The molecule has 1 heterocycles. The van der Waals surface area contributed by atoms with Gasteiger partial charge in [0.15, 0.2) is 5.96 Å². The average molecular weight is 329 g/mol. The van der Waals surface area contributed by atoms with E-state index in [1.807, 2.05) is 0 Å². The number of aryl methyl sites for hydroxylation is 2. The van der Waals surface area contributed by atoms with Gasteiger partial charge in [0, 0.05) is 18.3 Å². The van der Waals surface area contributed by atoms with Crippen molar-refractivity contribution in [3.8, 4) is 0 Å². The molecule has 5 heteroatoms. The molecule has 132 valence electrons. The SMILES string of the molecule is CN(C)C1CCN(CCN=C(N)Nc2ccc3c(c2)CCC3)CC1. The van der Waals surface area contributed by atoms with Crippen molar-refractivity contribution in [3.05, 3.63) is 29.3 Å². The highest BCUT2D eigenvalue weighted by Crippen LogP contribution is 2.24. The van der Waals surface area contributed by atoms with Crippen LogP contribution in [0.1, 0.15) is 30.4 Å². The molecule has 0 saturated carbocycles. The lowest BCUT2D eigenvalue weighted by atomic mass is 10.0. The predicted molar refractivity (Wildman–Crippen MR) is 102 cm³/mol. The summed E-state index contributed by atoms with van der Waals surface area (Å²) in [7, 11) is 4.35. The van der Waals surface area contributed by atoms with E-state index in [1.165, 1.54) is 43.2 Å². The van der Waals surface area contributed by atoms with Gasteiger partial charge in [-0.1, -0.05) is 6.07 Å². The molecule has 0 aromatic heterocycles. The van der Waals surface area contributed by atoms with E-state index in [4.69, 9.17) is 5.73 Å². The molecule has 3 N–H and O–H groups in total. The molecule has 5 nitrogen and oxygen atoms in total. The summed E-state index contributed by atoms with van der Waals surface area (Å²) in [6, 6.07) is 7.28. The molecular weight excluding hydrogens is 298 g/mol. The van der Waals surface area contributed by atoms with Crippen LogP contribution in [0.15, 0.2) is 23.2 Å². The van der Waals surface area contributed by atoms with E-state index in [-0.39, 0.29) is 0 Å². The van der Waals surface area contributed by atoms with Crippen LogP contribution in [0.4, 0.5) is 5.69 Å². The van der Waals surface area contributed by atoms with E-state index in [0.29, 0.717) is 5.96 Å². The molecule has 1 aliphatic carbocycles. The van der Waals surface area contributed by atoms with Crippen LogP contribution >= 0.6 is 0 Å². The quantitative estimate of drug-likeness (QED) is 0.640. The monoisotopic (exact) mass is 329 g/mol. The number of fused-ring (bicyclic) bond motifs is 1. The molecule has 0 atom stereocenters. The molecule has 0 spiro atoms. The van der Waals surface area contributed by atoms with Gasteiger partial charge in [-0.3, -0.25) is 4.99 Å². The topological polar surface area (TPSA) is 56.9 Å². The highest BCUT2D eigenvalue weighted by atomic mass is 15.2. The number of hydrogen-bond acceptors (Lipinski definition) is 3. The number of nitrogens with two attached hydrogens (primary N) is 1. The summed E-state index contributed by atoms with van der Waals surface area (Å²) < 4.78 is 0. The third kappa shape index (κ3) is 4.48. The second kappa shape index (κ2) is 7.99. The van der Waals surface area contributed by atoms with E-state index in [2.05, 4.69) is 52.4 Å². The first kappa shape index (κ1) is 17.2. The van der Waals surface area contributed by atoms with Crippen LogP contribution in [-0.2, 0) is 12.8 Å². The minimum Gasteiger partial charge on any atom is -0.370 e. The Kier molecular flexibility index (Phi) is 5.74. The molecule has 1 aromatic rings. The minimum atomic E-state index is 0.524. The van der Waals surface area contributed by atoms with Gasteiger partial charge in [-0.15, -0.1) is 0 Å². The van der Waals surface area contributed by atoms with Crippen LogP contribution in [0.5, 0.6) is 0 Å². The summed E-state index contributed by atoms with van der Waals surface area (Å²) in [5, 5.41) is 3.23. The van der Waals surface area contributed by atoms with Crippen LogP contribution < -0.4 is 11.1 Å². The van der Waals surface area contributed by atoms with Gasteiger partial charge in [0.25, 0.3) is 0 Å². The van der Waals surface area contributed by atoms with Crippen molar-refractivity contribution in [2.45, 2.75) is 38.1 Å². The predicted octanol–water partition coefficient (Wildman–Crippen LogP) is 1.93. The van der Waals surface area contributed by atoms with E-state index < -0.39 is 0 Å². The number of anilines is 1. The zero-order valence-electron chi connectivity index (χ0n) is 15.1. The fourth-order valence-corrected chi connectivity index (χ4v) is 3.81. The molecule has 1 fully saturated rings. The lowest BCUT2D eigenvalue weighted by molar-refractivity contribution is 0.148. The number of piperidine rings is 1. The van der Waals surface area contributed by atoms with Crippen LogP contribution in [0.2, 0.25) is 0 Å². The molecule has 0 unspecified atom stereocenters. The Bertz CT molecular complexity index is 573. The number of aliphatic imine (C=N–C) groups is 1. The number of hydrogen-bond donors (Lipinski definition) is 2. The Balaban J connectivity index is 1.42. The Morgan fingerprint density at radius 1 is 1.25 bits per heavy atom. The number of likely N-dealkylation sites (tertiary alicyclic amines) is 1. The minimum absolute atomic E-state index is 0.524. The van der Waals surface area contributed by atoms with E-state index >= 15 is 0 Å². The van der Waals surface area contributed by atoms with Gasteiger partial charge in [-0.2, -0.15) is 0 Å². The third-order valence-corrected chi connectivity index (χ3v) is 5.36. The molecule has 24 heavy (non-hydrogen) atoms. The molecule has 0 radical (unpaired) electrons. The molecular formula is C19H31N5. The van der Waals surface area contributed by atoms with Crippen LogP contribution in [-0.4, -0.2) is 62.1 Å². The summed E-state index contributed by atoms with van der Waals surface area (Å²) in [6.45, 7) is 4.08. The standard InChI is InChI=1S/C19H31N5/c1-23(2)18-8-11-24(12-9-18)13-10-21-19(20)22-17-7-6-15-4-3-5-16(15)14-17/h6-7,14,18H,3-5,8-13H2,1-2H3,(H3,20,21,22). The molecule has 2 aliphatic rings. The molecule has 1 aromatic carbocycles. The van der Waals surface area contributed by atoms with Gasteiger partial charge >= 0.3 is 0 Å². The van der Waals surface area contributed by atoms with Crippen LogP contribution in [0, 0.1) is 0 Å². The molecule has 3 rings (SSSR count). The Morgan fingerprint density at radius 2 is 2.00 bits per heavy atom. The largest absolute Gasteiger partial charge is 0.370 e. The molecule has 1 saturated heterocycles. The fraction of sp³-hybridized carbons (Fsp3) is 0.632. The highest BCUT2D eigenvalue weighted by molar-refractivity contribution is 5.92. The zero-order chi connectivity index (χ0) is 16.9. The second-order valence-electron chi connectivity index (χ2n) is 7.27. The smallest absolute Gasteiger partial charge is 0.193 e. The Hall–Kier alpha value is -1.59. The van der Waals surface area contributed by atoms with Gasteiger partial charge in [-0.25, -0.2) is 0 Å². The van der Waals surface area contributed by atoms with E-state index in [1.54, 1.807) is 0 Å². The normalized spacial score (nSPS) is 19.7. The zero-order valence-corrected chi connectivity index (χ0v) is 15.1. The summed E-state index contributed by atoms with van der Waals surface area (Å²) in [4.78, 5) is 9.33. The van der Waals surface area contributed by atoms with Crippen molar-refractivity contribution in [2.75, 3.05) is 45.6 Å². The van der Waals surface area contributed by atoms with Crippen molar-refractivity contribution in [1.29, 1.82) is 0 Å². The molecule has 0 amide bonds. The van der Waals surface area contributed by atoms with E-state index in [0.717, 1.165) is 37.9 Å². The van der Waals surface area contributed by atoms with Crippen LogP contribution in [0.3, 0.4) is 0 Å². The summed E-state index contributed by atoms with van der Waals surface area (Å²) in [5.74, 6) is 0.524. The maximum absolute atomic E-state index is 6.04. The Morgan fingerprint density at radius 3 is 2.75 bits per heavy atom. The van der Waals surface area contributed by atoms with Gasteiger partial charge in [0.2, 0.25) is 0 Å². The average Bonchev–Trinajstić information content (AvgIpc) is 3.03. The van der Waals surface area contributed by atoms with Gasteiger partial charge in [0.1, 0.15) is 0 Å². The fourth-order valence-electron chi connectivity index (χ4n) is 3.81. The van der Waals surface area contributed by atoms with Crippen molar-refractivity contribution in [3.63, 3.8) is 0 Å². The van der Waals surface area contributed by atoms with E-state index in [9.17, 15) is 0 Å². The van der Waals surface area contributed by atoms with Gasteiger partial charge in [0.05, 0.1) is 6.54 Å². The van der Waals surface area contributed by atoms with Crippen molar-refractivity contribution < 1.29 is 0 Å². The van der Waals surface area contributed by atoms with Gasteiger partial charge in [-0.05, 0) is 82.5 Å². The molecule has 1 aliphatic heterocycles. The lowest BCUT2D eigenvalue weighted by Gasteiger charge is -2.34. The highest BCUT2D eigenvalue weighted by Gasteiger charge is 2.19. The third-order valence-electron chi connectivity index (χ3n) is 5.36. The molecule has 0 bridgehead atoms. The van der Waals surface area contributed by atoms with Crippen molar-refractivity contribution in [2.24, 2.45) is 10.7 Å². The van der Waals surface area contributed by atoms with Crippen molar-refractivity contribution in [1.82, 2.24) is 9.80 Å². The number of benzene rings is 1. The number of nitrogens with one attached hydrogen (secondary N) is 1. The Labute approximate surface area is 145 Å². The maximum Gasteiger partial charge on any atom is 0.193 e. The summed E-state index contributed by atoms with van der Waals surface area (Å²) in [6.07, 6.45) is 6.17.